The van der Waals surface area contributed by atoms with Crippen LogP contribution >= 0.6 is 0 Å². The first-order chi connectivity index (χ1) is 4.59. The van der Waals surface area contributed by atoms with E-state index in [1.807, 2.05) is 0 Å². The SMILES string of the molecule is CC1(C)C(=O)CC[C@@H]1N=O. The largest absolute Gasteiger partial charge is 0.299 e. The zero-order chi connectivity index (χ0) is 7.78. The topological polar surface area (TPSA) is 46.5 Å². The van der Waals surface area contributed by atoms with Crippen LogP contribution in [0.3, 0.4) is 0 Å². The lowest BCUT2D eigenvalue weighted by molar-refractivity contribution is -0.124. The summed E-state index contributed by atoms with van der Waals surface area (Å²) in [6, 6.07) is -0.292. The minimum absolute atomic E-state index is 0.164. The monoisotopic (exact) mass is 141 g/mol. The van der Waals surface area contributed by atoms with Crippen molar-refractivity contribution in [3.05, 3.63) is 4.91 Å². The van der Waals surface area contributed by atoms with Gasteiger partial charge in [0.15, 0.2) is 0 Å². The average molecular weight is 141 g/mol. The molecule has 0 saturated heterocycles. The number of hydrogen-bond donors (Lipinski definition) is 0. The zero-order valence-electron chi connectivity index (χ0n) is 6.26. The molecule has 0 aliphatic heterocycles. The summed E-state index contributed by atoms with van der Waals surface area (Å²) in [5.41, 5.74) is -0.498. The van der Waals surface area contributed by atoms with E-state index in [4.69, 9.17) is 0 Å². The first-order valence-corrected chi connectivity index (χ1v) is 3.45. The summed E-state index contributed by atoms with van der Waals surface area (Å²) in [6.45, 7) is 3.57. The molecule has 0 spiro atoms. The van der Waals surface area contributed by atoms with E-state index in [-0.39, 0.29) is 11.8 Å². The Morgan fingerprint density at radius 1 is 1.60 bits per heavy atom. The van der Waals surface area contributed by atoms with Gasteiger partial charge in [0.25, 0.3) is 0 Å². The van der Waals surface area contributed by atoms with Crippen molar-refractivity contribution in [3.63, 3.8) is 0 Å². The molecule has 0 radical (unpaired) electrons. The van der Waals surface area contributed by atoms with Gasteiger partial charge < -0.3 is 0 Å². The Morgan fingerprint density at radius 3 is 2.40 bits per heavy atom. The molecule has 3 nitrogen and oxygen atoms in total. The zero-order valence-corrected chi connectivity index (χ0v) is 6.26. The maximum atomic E-state index is 11.1. The van der Waals surface area contributed by atoms with Crippen molar-refractivity contribution in [2.24, 2.45) is 10.6 Å². The molecule has 10 heavy (non-hydrogen) atoms. The number of Topliss-reactive ketones (excluding diaryl/α,β-unsaturated/α-hetero) is 1. The van der Waals surface area contributed by atoms with E-state index in [0.29, 0.717) is 12.8 Å². The molecule has 0 aromatic carbocycles. The summed E-state index contributed by atoms with van der Waals surface area (Å²) in [5, 5.41) is 2.92. The molecule has 0 aromatic rings. The van der Waals surface area contributed by atoms with Gasteiger partial charge in [-0.3, -0.25) is 4.79 Å². The lowest BCUT2D eigenvalue weighted by Crippen LogP contribution is -2.27. The molecule has 0 unspecified atom stereocenters. The summed E-state index contributed by atoms with van der Waals surface area (Å²) in [4.78, 5) is 21.2. The molecule has 0 bridgehead atoms. The molecule has 0 heterocycles. The van der Waals surface area contributed by atoms with E-state index in [2.05, 4.69) is 5.18 Å². The van der Waals surface area contributed by atoms with E-state index in [9.17, 15) is 9.70 Å². The number of carbonyl (C=O) groups excluding carboxylic acids is 1. The molecule has 1 saturated carbocycles. The summed E-state index contributed by atoms with van der Waals surface area (Å²) in [7, 11) is 0. The van der Waals surface area contributed by atoms with Crippen molar-refractivity contribution in [1.82, 2.24) is 0 Å². The summed E-state index contributed by atoms with van der Waals surface area (Å²) in [6.07, 6.45) is 1.15. The fraction of sp³-hybridized carbons (Fsp3) is 0.857. The minimum Gasteiger partial charge on any atom is -0.299 e. The van der Waals surface area contributed by atoms with Crippen LogP contribution in [0.25, 0.3) is 0 Å². The lowest BCUT2D eigenvalue weighted by Gasteiger charge is -2.17. The average Bonchev–Trinajstić information content (AvgIpc) is 2.10. The maximum absolute atomic E-state index is 11.1. The standard InChI is InChI=1S/C7H11NO2/c1-7(2)5(8-10)3-4-6(7)9/h5H,3-4H2,1-2H3/t5-/m0/s1. The molecule has 0 amide bonds. The van der Waals surface area contributed by atoms with E-state index >= 15 is 0 Å². The lowest BCUT2D eigenvalue weighted by atomic mass is 9.87. The van der Waals surface area contributed by atoms with Gasteiger partial charge in [-0.15, -0.1) is 0 Å². The molecule has 1 aliphatic carbocycles. The molecule has 3 heteroatoms. The van der Waals surface area contributed by atoms with Gasteiger partial charge in [0.2, 0.25) is 0 Å². The third-order valence-electron chi connectivity index (χ3n) is 2.32. The van der Waals surface area contributed by atoms with Crippen molar-refractivity contribution in [2.45, 2.75) is 32.7 Å². The van der Waals surface area contributed by atoms with Gasteiger partial charge in [-0.05, 0) is 6.42 Å². The van der Waals surface area contributed by atoms with Gasteiger partial charge in [-0.2, -0.15) is 4.91 Å². The van der Waals surface area contributed by atoms with Gasteiger partial charge in [-0.1, -0.05) is 19.0 Å². The van der Waals surface area contributed by atoms with Gasteiger partial charge in [0.05, 0.1) is 0 Å². The molecular formula is C7H11NO2. The summed E-state index contributed by atoms with van der Waals surface area (Å²) >= 11 is 0. The Balaban J connectivity index is 2.83. The highest BCUT2D eigenvalue weighted by Crippen LogP contribution is 2.35. The highest BCUT2D eigenvalue weighted by atomic mass is 16.3. The van der Waals surface area contributed by atoms with Crippen molar-refractivity contribution >= 4 is 5.78 Å². The third kappa shape index (κ3) is 0.856. The number of rotatable bonds is 1. The minimum atomic E-state index is -0.498. The molecule has 1 aliphatic rings. The van der Waals surface area contributed by atoms with Crippen LogP contribution < -0.4 is 0 Å². The van der Waals surface area contributed by atoms with Crippen LogP contribution in [-0.2, 0) is 4.79 Å². The van der Waals surface area contributed by atoms with E-state index < -0.39 is 5.41 Å². The van der Waals surface area contributed by atoms with Gasteiger partial charge in [0.1, 0.15) is 11.8 Å². The summed E-state index contributed by atoms with van der Waals surface area (Å²) in [5.74, 6) is 0.164. The van der Waals surface area contributed by atoms with Crippen LogP contribution in [0.5, 0.6) is 0 Å². The third-order valence-corrected chi connectivity index (χ3v) is 2.32. The van der Waals surface area contributed by atoms with Crippen LogP contribution in [0.15, 0.2) is 5.18 Å². The first kappa shape index (κ1) is 7.38. The Bertz CT molecular complexity index is 174. The number of ketones is 1. The van der Waals surface area contributed by atoms with Crippen LogP contribution in [0, 0.1) is 10.3 Å². The quantitative estimate of drug-likeness (QED) is 0.519. The first-order valence-electron chi connectivity index (χ1n) is 3.45. The Hall–Kier alpha value is -0.730. The van der Waals surface area contributed by atoms with Crippen molar-refractivity contribution < 1.29 is 4.79 Å². The number of nitrogens with zero attached hydrogens (tertiary/aromatic N) is 1. The van der Waals surface area contributed by atoms with Crippen LogP contribution in [0.2, 0.25) is 0 Å². The van der Waals surface area contributed by atoms with Crippen LogP contribution in [0.1, 0.15) is 26.7 Å². The Morgan fingerprint density at radius 2 is 2.20 bits per heavy atom. The Kier molecular flexibility index (Phi) is 1.58. The predicted octanol–water partition coefficient (Wildman–Crippen LogP) is 1.51. The highest BCUT2D eigenvalue weighted by Gasteiger charge is 2.43. The molecular weight excluding hydrogens is 130 g/mol. The molecule has 1 fully saturated rings. The summed E-state index contributed by atoms with van der Waals surface area (Å²) < 4.78 is 0. The molecule has 0 N–H and O–H groups in total. The molecule has 0 aromatic heterocycles. The van der Waals surface area contributed by atoms with Crippen molar-refractivity contribution in [2.75, 3.05) is 0 Å². The number of nitroso groups, excluding NO2 is 1. The maximum Gasteiger partial charge on any atom is 0.140 e. The smallest absolute Gasteiger partial charge is 0.140 e. The molecule has 56 valence electrons. The number of carbonyl (C=O) groups is 1. The van der Waals surface area contributed by atoms with Crippen LogP contribution in [-0.4, -0.2) is 11.8 Å². The van der Waals surface area contributed by atoms with E-state index in [1.165, 1.54) is 0 Å². The normalized spacial score (nSPS) is 30.6. The second-order valence-electron chi connectivity index (χ2n) is 3.30. The van der Waals surface area contributed by atoms with Gasteiger partial charge in [-0.25, -0.2) is 0 Å². The van der Waals surface area contributed by atoms with E-state index in [1.54, 1.807) is 13.8 Å². The van der Waals surface area contributed by atoms with Crippen LogP contribution in [0.4, 0.5) is 0 Å². The van der Waals surface area contributed by atoms with Gasteiger partial charge >= 0.3 is 0 Å². The van der Waals surface area contributed by atoms with Gasteiger partial charge in [0, 0.05) is 11.8 Å². The number of hydrogen-bond acceptors (Lipinski definition) is 3. The van der Waals surface area contributed by atoms with Crippen molar-refractivity contribution in [3.8, 4) is 0 Å². The second kappa shape index (κ2) is 2.15. The fourth-order valence-electron chi connectivity index (χ4n) is 1.32. The molecule has 1 rings (SSSR count). The van der Waals surface area contributed by atoms with E-state index in [0.717, 1.165) is 0 Å². The highest BCUT2D eigenvalue weighted by molar-refractivity contribution is 5.87. The van der Waals surface area contributed by atoms with Crippen molar-refractivity contribution in [1.29, 1.82) is 0 Å². The predicted molar refractivity (Wildman–Crippen MR) is 37.6 cm³/mol. The second-order valence-corrected chi connectivity index (χ2v) is 3.30. The fourth-order valence-corrected chi connectivity index (χ4v) is 1.32. The molecule has 1 atom stereocenters. The Labute approximate surface area is 59.8 Å².